The molecular weight excluding hydrogens is 270 g/mol. The second-order valence-corrected chi connectivity index (χ2v) is 5.21. The molecule has 0 heterocycles. The van der Waals surface area contributed by atoms with Crippen molar-refractivity contribution in [2.45, 2.75) is 11.8 Å². The first-order valence-corrected chi connectivity index (χ1v) is 7.47. The summed E-state index contributed by atoms with van der Waals surface area (Å²) >= 11 is 1.62. The lowest BCUT2D eigenvalue weighted by Crippen LogP contribution is -2.14. The van der Waals surface area contributed by atoms with Gasteiger partial charge in [0.15, 0.2) is 0 Å². The number of methoxy groups -OCH3 is 1. The summed E-state index contributed by atoms with van der Waals surface area (Å²) in [5.74, 6) is 0.530. The molecule has 3 nitrogen and oxygen atoms in total. The summed E-state index contributed by atoms with van der Waals surface area (Å²) in [6.07, 6.45) is 1.99. The Morgan fingerprint density at radius 2 is 1.95 bits per heavy atom. The van der Waals surface area contributed by atoms with Crippen LogP contribution in [0.5, 0.6) is 5.75 Å². The number of hydrogen-bond acceptors (Lipinski definition) is 3. The van der Waals surface area contributed by atoms with E-state index in [-0.39, 0.29) is 5.91 Å². The van der Waals surface area contributed by atoms with Gasteiger partial charge in [0.25, 0.3) is 5.91 Å². The number of hydrogen-bond donors (Lipinski definition) is 1. The van der Waals surface area contributed by atoms with Gasteiger partial charge in [0.2, 0.25) is 0 Å². The van der Waals surface area contributed by atoms with Gasteiger partial charge in [-0.25, -0.2) is 0 Å². The fourth-order valence-corrected chi connectivity index (χ4v) is 2.35. The third-order valence-electron chi connectivity index (χ3n) is 3.04. The van der Waals surface area contributed by atoms with Crippen LogP contribution >= 0.6 is 11.8 Å². The minimum Gasteiger partial charge on any atom is -0.495 e. The highest BCUT2D eigenvalue weighted by atomic mass is 32.2. The van der Waals surface area contributed by atoms with E-state index < -0.39 is 0 Å². The molecule has 0 aliphatic carbocycles. The highest BCUT2D eigenvalue weighted by Crippen LogP contribution is 2.25. The number of carbonyl (C=O) groups excluding carboxylic acids is 1. The van der Waals surface area contributed by atoms with Gasteiger partial charge in [0, 0.05) is 10.5 Å². The number of rotatable bonds is 4. The molecule has 0 aliphatic rings. The number of amides is 1. The molecule has 2 rings (SSSR count). The first-order chi connectivity index (χ1) is 9.65. The number of benzene rings is 2. The number of aryl methyl sites for hydroxylation is 1. The van der Waals surface area contributed by atoms with Gasteiger partial charge < -0.3 is 10.1 Å². The molecule has 104 valence electrons. The number of para-hydroxylation sites is 2. The molecule has 0 atom stereocenters. The van der Waals surface area contributed by atoms with Crippen molar-refractivity contribution in [3.05, 3.63) is 53.6 Å². The van der Waals surface area contributed by atoms with E-state index in [0.717, 1.165) is 10.5 Å². The van der Waals surface area contributed by atoms with Crippen LogP contribution in [0.25, 0.3) is 0 Å². The molecule has 0 bridgehead atoms. The fourth-order valence-electron chi connectivity index (χ4n) is 1.91. The lowest BCUT2D eigenvalue weighted by molar-refractivity contribution is 0.102. The van der Waals surface area contributed by atoms with Gasteiger partial charge in [-0.1, -0.05) is 18.2 Å². The topological polar surface area (TPSA) is 38.3 Å². The minimum atomic E-state index is -0.122. The van der Waals surface area contributed by atoms with E-state index in [4.69, 9.17) is 4.74 Å². The van der Waals surface area contributed by atoms with Crippen LogP contribution in [-0.4, -0.2) is 19.3 Å². The van der Waals surface area contributed by atoms with E-state index in [1.54, 1.807) is 18.9 Å². The van der Waals surface area contributed by atoms with Crippen molar-refractivity contribution in [3.8, 4) is 5.75 Å². The zero-order valence-electron chi connectivity index (χ0n) is 11.8. The van der Waals surface area contributed by atoms with Crippen molar-refractivity contribution < 1.29 is 9.53 Å². The van der Waals surface area contributed by atoms with Crippen LogP contribution in [0.2, 0.25) is 0 Å². The SMILES string of the molecule is COc1ccccc1NC(=O)c1cc(SC)ccc1C. The standard InChI is InChI=1S/C16H17NO2S/c1-11-8-9-12(20-3)10-13(11)16(18)17-14-6-4-5-7-15(14)19-2/h4-10H,1-3H3,(H,17,18). The van der Waals surface area contributed by atoms with E-state index in [0.29, 0.717) is 17.0 Å². The molecule has 4 heteroatoms. The zero-order valence-corrected chi connectivity index (χ0v) is 12.6. The lowest BCUT2D eigenvalue weighted by atomic mass is 10.1. The predicted molar refractivity (Wildman–Crippen MR) is 83.9 cm³/mol. The van der Waals surface area contributed by atoms with E-state index >= 15 is 0 Å². The molecule has 1 N–H and O–H groups in total. The molecule has 0 unspecified atom stereocenters. The molecule has 0 aromatic heterocycles. The molecule has 0 aliphatic heterocycles. The molecule has 0 fully saturated rings. The summed E-state index contributed by atoms with van der Waals surface area (Å²) < 4.78 is 5.24. The van der Waals surface area contributed by atoms with Crippen LogP contribution < -0.4 is 10.1 Å². The normalized spacial score (nSPS) is 10.2. The lowest BCUT2D eigenvalue weighted by Gasteiger charge is -2.11. The second kappa shape index (κ2) is 6.48. The Balaban J connectivity index is 2.28. The van der Waals surface area contributed by atoms with Crippen molar-refractivity contribution in [1.82, 2.24) is 0 Å². The van der Waals surface area contributed by atoms with Gasteiger partial charge >= 0.3 is 0 Å². The Morgan fingerprint density at radius 3 is 2.65 bits per heavy atom. The van der Waals surface area contributed by atoms with Gasteiger partial charge in [0.1, 0.15) is 5.75 Å². The van der Waals surface area contributed by atoms with E-state index in [2.05, 4.69) is 5.32 Å². The summed E-state index contributed by atoms with van der Waals surface area (Å²) in [5, 5.41) is 2.90. The van der Waals surface area contributed by atoms with Crippen molar-refractivity contribution in [2.24, 2.45) is 0 Å². The average Bonchev–Trinajstić information content (AvgIpc) is 2.48. The molecule has 2 aromatic rings. The van der Waals surface area contributed by atoms with Crippen LogP contribution in [0.15, 0.2) is 47.4 Å². The third-order valence-corrected chi connectivity index (χ3v) is 3.77. The van der Waals surface area contributed by atoms with Gasteiger partial charge in [-0.2, -0.15) is 0 Å². The number of thioether (sulfide) groups is 1. The fraction of sp³-hybridized carbons (Fsp3) is 0.188. The number of nitrogens with one attached hydrogen (secondary N) is 1. The monoisotopic (exact) mass is 287 g/mol. The summed E-state index contributed by atoms with van der Waals surface area (Å²) in [5.41, 5.74) is 2.31. The quantitative estimate of drug-likeness (QED) is 0.864. The maximum Gasteiger partial charge on any atom is 0.256 e. The van der Waals surface area contributed by atoms with Crippen LogP contribution in [0.4, 0.5) is 5.69 Å². The Bertz CT molecular complexity index is 626. The van der Waals surface area contributed by atoms with E-state index in [1.165, 1.54) is 0 Å². The summed E-state index contributed by atoms with van der Waals surface area (Å²) in [6.45, 7) is 1.93. The highest BCUT2D eigenvalue weighted by molar-refractivity contribution is 7.98. The molecule has 0 saturated heterocycles. The molecule has 2 aromatic carbocycles. The Kier molecular flexibility index (Phi) is 4.69. The van der Waals surface area contributed by atoms with Gasteiger partial charge in [-0.05, 0) is 43.0 Å². The minimum absolute atomic E-state index is 0.122. The van der Waals surface area contributed by atoms with Crippen LogP contribution in [0.1, 0.15) is 15.9 Å². The highest BCUT2D eigenvalue weighted by Gasteiger charge is 2.12. The number of anilines is 1. The van der Waals surface area contributed by atoms with Crippen molar-refractivity contribution >= 4 is 23.4 Å². The summed E-state index contributed by atoms with van der Waals surface area (Å²) in [6, 6.07) is 13.3. The van der Waals surface area contributed by atoms with Crippen molar-refractivity contribution in [1.29, 1.82) is 0 Å². The Labute approximate surface area is 123 Å². The third kappa shape index (κ3) is 3.14. The van der Waals surface area contributed by atoms with Crippen molar-refractivity contribution in [3.63, 3.8) is 0 Å². The first kappa shape index (κ1) is 14.5. The maximum absolute atomic E-state index is 12.4. The summed E-state index contributed by atoms with van der Waals surface area (Å²) in [7, 11) is 1.59. The molecule has 1 amide bonds. The molecule has 0 radical (unpaired) electrons. The largest absolute Gasteiger partial charge is 0.495 e. The number of carbonyl (C=O) groups is 1. The van der Waals surface area contributed by atoms with Crippen LogP contribution in [-0.2, 0) is 0 Å². The molecule has 20 heavy (non-hydrogen) atoms. The van der Waals surface area contributed by atoms with Gasteiger partial charge in [-0.15, -0.1) is 11.8 Å². The van der Waals surface area contributed by atoms with E-state index in [1.807, 2.05) is 55.6 Å². The maximum atomic E-state index is 12.4. The van der Waals surface area contributed by atoms with Crippen molar-refractivity contribution in [2.75, 3.05) is 18.7 Å². The molecule has 0 saturated carbocycles. The van der Waals surface area contributed by atoms with E-state index in [9.17, 15) is 4.79 Å². The van der Waals surface area contributed by atoms with Gasteiger partial charge in [0.05, 0.1) is 12.8 Å². The summed E-state index contributed by atoms with van der Waals surface area (Å²) in [4.78, 5) is 13.5. The van der Waals surface area contributed by atoms with Crippen LogP contribution in [0, 0.1) is 6.92 Å². The first-order valence-electron chi connectivity index (χ1n) is 6.24. The number of ether oxygens (including phenoxy) is 1. The zero-order chi connectivity index (χ0) is 14.5. The Morgan fingerprint density at radius 1 is 1.20 bits per heavy atom. The molecular formula is C16H17NO2S. The average molecular weight is 287 g/mol. The smallest absolute Gasteiger partial charge is 0.256 e. The molecule has 0 spiro atoms. The van der Waals surface area contributed by atoms with Crippen LogP contribution in [0.3, 0.4) is 0 Å². The van der Waals surface area contributed by atoms with Gasteiger partial charge in [-0.3, -0.25) is 4.79 Å². The predicted octanol–water partition coefficient (Wildman–Crippen LogP) is 3.98. The second-order valence-electron chi connectivity index (χ2n) is 4.34. The Hall–Kier alpha value is -1.94.